The van der Waals surface area contributed by atoms with Crippen molar-refractivity contribution in [3.05, 3.63) is 12.0 Å². The zero-order chi connectivity index (χ0) is 12.5. The number of nitrogens with two attached hydrogens (primary N) is 1. The van der Waals surface area contributed by atoms with Crippen LogP contribution in [-0.4, -0.2) is 30.7 Å². The first kappa shape index (κ1) is 12.5. The minimum atomic E-state index is -3.72. The number of hydrogen-bond acceptors (Lipinski definition) is 4. The van der Waals surface area contributed by atoms with Gasteiger partial charge in [-0.3, -0.25) is 0 Å². The number of imidazole rings is 1. The first-order valence-corrected chi connectivity index (χ1v) is 7.25. The molecule has 0 aromatic carbocycles. The SMILES string of the molecule is CCc1nc(S(N)(=O)=O)cn1CC1CCCO1. The summed E-state index contributed by atoms with van der Waals surface area (Å²) in [6, 6.07) is 0. The molecule has 6 nitrogen and oxygen atoms in total. The van der Waals surface area contributed by atoms with E-state index in [0.717, 1.165) is 25.3 Å². The summed E-state index contributed by atoms with van der Waals surface area (Å²) >= 11 is 0. The van der Waals surface area contributed by atoms with Crippen LogP contribution in [-0.2, 0) is 27.7 Å². The average Bonchev–Trinajstić information content (AvgIpc) is 2.86. The average molecular weight is 259 g/mol. The van der Waals surface area contributed by atoms with Gasteiger partial charge in [0.05, 0.1) is 12.6 Å². The van der Waals surface area contributed by atoms with Crippen molar-refractivity contribution in [3.8, 4) is 0 Å². The zero-order valence-electron chi connectivity index (χ0n) is 9.80. The van der Waals surface area contributed by atoms with Crippen LogP contribution < -0.4 is 5.14 Å². The molecule has 96 valence electrons. The van der Waals surface area contributed by atoms with Crippen LogP contribution in [0.4, 0.5) is 0 Å². The van der Waals surface area contributed by atoms with Crippen LogP contribution in [0.5, 0.6) is 0 Å². The molecule has 17 heavy (non-hydrogen) atoms. The summed E-state index contributed by atoms with van der Waals surface area (Å²) in [6.45, 7) is 3.36. The van der Waals surface area contributed by atoms with Gasteiger partial charge < -0.3 is 9.30 Å². The Morgan fingerprint density at radius 2 is 2.41 bits per heavy atom. The highest BCUT2D eigenvalue weighted by atomic mass is 32.2. The monoisotopic (exact) mass is 259 g/mol. The molecule has 2 heterocycles. The molecule has 0 amide bonds. The number of aryl methyl sites for hydroxylation is 1. The van der Waals surface area contributed by atoms with Gasteiger partial charge in [0.1, 0.15) is 5.82 Å². The van der Waals surface area contributed by atoms with E-state index in [1.807, 2.05) is 11.5 Å². The fourth-order valence-electron chi connectivity index (χ4n) is 2.01. The number of aromatic nitrogens is 2. The third kappa shape index (κ3) is 2.85. The Morgan fingerprint density at radius 3 is 2.94 bits per heavy atom. The molecule has 1 fully saturated rings. The van der Waals surface area contributed by atoms with Crippen molar-refractivity contribution in [2.45, 2.75) is 43.9 Å². The number of ether oxygens (including phenoxy) is 1. The topological polar surface area (TPSA) is 87.2 Å². The highest BCUT2D eigenvalue weighted by Crippen LogP contribution is 2.16. The lowest BCUT2D eigenvalue weighted by Gasteiger charge is -2.11. The third-order valence-electron chi connectivity index (χ3n) is 2.87. The predicted octanol–water partition coefficient (Wildman–Crippen LogP) is 0.272. The standard InChI is InChI=1S/C10H17N3O3S/c1-2-9-12-10(17(11,14)15)7-13(9)6-8-4-3-5-16-8/h7-8H,2-6H2,1H3,(H2,11,14,15). The maximum absolute atomic E-state index is 11.2. The second kappa shape index (κ2) is 4.75. The smallest absolute Gasteiger partial charge is 0.257 e. The van der Waals surface area contributed by atoms with Crippen molar-refractivity contribution in [1.82, 2.24) is 9.55 Å². The predicted molar refractivity (Wildman–Crippen MR) is 62.0 cm³/mol. The van der Waals surface area contributed by atoms with E-state index in [2.05, 4.69) is 4.98 Å². The van der Waals surface area contributed by atoms with Crippen LogP contribution in [0.15, 0.2) is 11.2 Å². The Kier molecular flexibility index (Phi) is 3.50. The van der Waals surface area contributed by atoms with Gasteiger partial charge >= 0.3 is 0 Å². The van der Waals surface area contributed by atoms with E-state index in [1.54, 1.807) is 0 Å². The molecule has 0 radical (unpaired) electrons. The van der Waals surface area contributed by atoms with E-state index < -0.39 is 10.0 Å². The van der Waals surface area contributed by atoms with Crippen molar-refractivity contribution in [1.29, 1.82) is 0 Å². The minimum absolute atomic E-state index is 0.0626. The normalized spacial score (nSPS) is 20.9. The summed E-state index contributed by atoms with van der Waals surface area (Å²) in [7, 11) is -3.72. The Bertz CT molecular complexity index is 489. The number of sulfonamides is 1. The van der Waals surface area contributed by atoms with Gasteiger partial charge in [-0.05, 0) is 12.8 Å². The molecule has 1 aromatic heterocycles. The molecule has 1 aromatic rings. The summed E-state index contributed by atoms with van der Waals surface area (Å²) in [5.41, 5.74) is 0. The first-order chi connectivity index (χ1) is 8.00. The summed E-state index contributed by atoms with van der Waals surface area (Å²) in [6.07, 6.45) is 4.38. The van der Waals surface area contributed by atoms with Gasteiger partial charge in [0.25, 0.3) is 10.0 Å². The Labute approximate surface area is 101 Å². The van der Waals surface area contributed by atoms with Crippen LogP contribution in [0, 0.1) is 0 Å². The molecule has 1 unspecified atom stereocenters. The molecule has 1 atom stereocenters. The van der Waals surface area contributed by atoms with E-state index in [0.29, 0.717) is 13.0 Å². The Balaban J connectivity index is 2.23. The fourth-order valence-corrected chi connectivity index (χ4v) is 2.52. The Hall–Kier alpha value is -0.920. The largest absolute Gasteiger partial charge is 0.376 e. The molecule has 1 aliphatic heterocycles. The molecule has 0 aliphatic carbocycles. The van der Waals surface area contributed by atoms with Gasteiger partial charge in [-0.2, -0.15) is 0 Å². The van der Waals surface area contributed by atoms with Gasteiger partial charge in [-0.1, -0.05) is 6.92 Å². The van der Waals surface area contributed by atoms with Gasteiger partial charge in [0.15, 0.2) is 5.03 Å². The number of primary sulfonamides is 1. The molecule has 0 saturated carbocycles. The molecule has 2 N–H and O–H groups in total. The van der Waals surface area contributed by atoms with Crippen molar-refractivity contribution >= 4 is 10.0 Å². The number of hydrogen-bond donors (Lipinski definition) is 1. The van der Waals surface area contributed by atoms with E-state index in [9.17, 15) is 8.42 Å². The number of rotatable bonds is 4. The summed E-state index contributed by atoms with van der Waals surface area (Å²) in [5, 5.41) is 5.00. The zero-order valence-corrected chi connectivity index (χ0v) is 10.6. The molecule has 1 aliphatic rings. The summed E-state index contributed by atoms with van der Waals surface area (Å²) in [4.78, 5) is 4.04. The minimum Gasteiger partial charge on any atom is -0.376 e. The van der Waals surface area contributed by atoms with Crippen LogP contribution in [0.3, 0.4) is 0 Å². The molecule has 0 spiro atoms. The van der Waals surface area contributed by atoms with Crippen LogP contribution in [0.2, 0.25) is 0 Å². The van der Waals surface area contributed by atoms with Gasteiger partial charge in [-0.15, -0.1) is 0 Å². The molecular formula is C10H17N3O3S. The van der Waals surface area contributed by atoms with E-state index in [-0.39, 0.29) is 11.1 Å². The highest BCUT2D eigenvalue weighted by Gasteiger charge is 2.20. The maximum atomic E-state index is 11.2. The third-order valence-corrected chi connectivity index (χ3v) is 3.65. The van der Waals surface area contributed by atoms with E-state index >= 15 is 0 Å². The van der Waals surface area contributed by atoms with Crippen LogP contribution in [0.1, 0.15) is 25.6 Å². The first-order valence-electron chi connectivity index (χ1n) is 5.71. The van der Waals surface area contributed by atoms with E-state index in [1.165, 1.54) is 6.20 Å². The van der Waals surface area contributed by atoms with Crippen molar-refractivity contribution in [2.75, 3.05) is 6.61 Å². The Morgan fingerprint density at radius 1 is 1.65 bits per heavy atom. The van der Waals surface area contributed by atoms with Crippen LogP contribution in [0.25, 0.3) is 0 Å². The van der Waals surface area contributed by atoms with Crippen LogP contribution >= 0.6 is 0 Å². The lowest BCUT2D eigenvalue weighted by molar-refractivity contribution is 0.0963. The lowest BCUT2D eigenvalue weighted by atomic mass is 10.2. The second-order valence-electron chi connectivity index (χ2n) is 4.18. The van der Waals surface area contributed by atoms with Gasteiger partial charge in [0, 0.05) is 19.2 Å². The van der Waals surface area contributed by atoms with Crippen molar-refractivity contribution in [2.24, 2.45) is 5.14 Å². The van der Waals surface area contributed by atoms with Crippen molar-refractivity contribution < 1.29 is 13.2 Å². The lowest BCUT2D eigenvalue weighted by Crippen LogP contribution is -2.16. The van der Waals surface area contributed by atoms with Crippen molar-refractivity contribution in [3.63, 3.8) is 0 Å². The number of nitrogens with zero attached hydrogens (tertiary/aromatic N) is 2. The fraction of sp³-hybridized carbons (Fsp3) is 0.700. The molecule has 1 saturated heterocycles. The molecule has 7 heteroatoms. The highest BCUT2D eigenvalue weighted by molar-refractivity contribution is 7.89. The van der Waals surface area contributed by atoms with Gasteiger partial charge in [0.2, 0.25) is 0 Å². The quantitative estimate of drug-likeness (QED) is 0.841. The molecule has 0 bridgehead atoms. The van der Waals surface area contributed by atoms with E-state index in [4.69, 9.17) is 9.88 Å². The summed E-state index contributed by atoms with van der Waals surface area (Å²) in [5.74, 6) is 0.726. The summed E-state index contributed by atoms with van der Waals surface area (Å²) < 4.78 is 29.8. The second-order valence-corrected chi connectivity index (χ2v) is 5.69. The van der Waals surface area contributed by atoms with Gasteiger partial charge in [-0.25, -0.2) is 18.5 Å². The molecule has 2 rings (SSSR count). The molecular weight excluding hydrogens is 242 g/mol. The maximum Gasteiger partial charge on any atom is 0.257 e.